The first kappa shape index (κ1) is 16.8. The molecule has 1 saturated carbocycles. The van der Waals surface area contributed by atoms with Crippen LogP contribution < -0.4 is 0 Å². The summed E-state index contributed by atoms with van der Waals surface area (Å²) in [6, 6.07) is 0. The van der Waals surface area contributed by atoms with Gasteiger partial charge in [0, 0.05) is 30.6 Å². The lowest BCUT2D eigenvalue weighted by Crippen LogP contribution is -2.46. The van der Waals surface area contributed by atoms with E-state index in [0.717, 1.165) is 32.1 Å². The molecule has 1 unspecified atom stereocenters. The zero-order valence-corrected chi connectivity index (χ0v) is 12.1. The second kappa shape index (κ2) is 8.82. The molecule has 0 saturated heterocycles. The second-order valence-electron chi connectivity index (χ2n) is 5.75. The molecule has 0 N–H and O–H groups in total. The average molecular weight is 283 g/mol. The van der Waals surface area contributed by atoms with Gasteiger partial charge in [0.05, 0.1) is 0 Å². The van der Waals surface area contributed by atoms with Crippen molar-refractivity contribution in [3.63, 3.8) is 0 Å². The summed E-state index contributed by atoms with van der Waals surface area (Å²) >= 11 is 0. The van der Waals surface area contributed by atoms with Crippen LogP contribution in [0.4, 0.5) is 0 Å². The van der Waals surface area contributed by atoms with Crippen LogP contribution in [0.25, 0.3) is 0 Å². The lowest BCUT2D eigenvalue weighted by molar-refractivity contribution is -0.554. The van der Waals surface area contributed by atoms with Gasteiger partial charge in [0.1, 0.15) is 6.29 Å². The van der Waals surface area contributed by atoms with E-state index >= 15 is 0 Å². The van der Waals surface area contributed by atoms with Crippen LogP contribution in [-0.4, -0.2) is 22.5 Å². The number of nitrogens with zero attached hydrogens (tertiary/aromatic N) is 1. The summed E-state index contributed by atoms with van der Waals surface area (Å²) < 4.78 is 0. The summed E-state index contributed by atoms with van der Waals surface area (Å²) in [5.74, 6) is -0.273. The van der Waals surface area contributed by atoms with Crippen molar-refractivity contribution in [1.29, 1.82) is 0 Å². The summed E-state index contributed by atoms with van der Waals surface area (Å²) in [6.45, 7) is 0. The van der Waals surface area contributed by atoms with Gasteiger partial charge in [0.25, 0.3) is 5.54 Å². The Kier molecular flexibility index (Phi) is 7.41. The van der Waals surface area contributed by atoms with E-state index in [1.165, 1.54) is 12.8 Å². The maximum absolute atomic E-state index is 12.3. The van der Waals surface area contributed by atoms with Gasteiger partial charge in [-0.3, -0.25) is 14.9 Å². The molecule has 5 nitrogen and oxygen atoms in total. The summed E-state index contributed by atoms with van der Waals surface area (Å²) in [5.41, 5.74) is -1.51. The predicted molar refractivity (Wildman–Crippen MR) is 76.2 cm³/mol. The van der Waals surface area contributed by atoms with Gasteiger partial charge in [-0.25, -0.2) is 0 Å². The number of aldehydes is 1. The summed E-state index contributed by atoms with van der Waals surface area (Å²) in [6.07, 6.45) is 9.27. The van der Waals surface area contributed by atoms with Crippen molar-refractivity contribution in [3.05, 3.63) is 10.1 Å². The Morgan fingerprint density at radius 1 is 1.05 bits per heavy atom. The number of carbonyl (C=O) groups is 2. The van der Waals surface area contributed by atoms with Gasteiger partial charge in [-0.15, -0.1) is 0 Å². The van der Waals surface area contributed by atoms with Crippen LogP contribution >= 0.6 is 0 Å². The molecule has 5 heteroatoms. The monoisotopic (exact) mass is 283 g/mol. The van der Waals surface area contributed by atoms with Gasteiger partial charge in [0.15, 0.2) is 0 Å². The molecule has 0 amide bonds. The molecule has 0 radical (unpaired) electrons. The molecule has 1 atom stereocenters. The topological polar surface area (TPSA) is 77.3 Å². The first-order valence-corrected chi connectivity index (χ1v) is 7.75. The minimum atomic E-state index is -1.51. The van der Waals surface area contributed by atoms with Crippen molar-refractivity contribution in [2.75, 3.05) is 0 Å². The van der Waals surface area contributed by atoms with E-state index in [2.05, 4.69) is 0 Å². The highest BCUT2D eigenvalue weighted by Crippen LogP contribution is 2.29. The Hall–Kier alpha value is -1.26. The standard InChI is InChI=1S/C15H25NO4/c17-13-9-12-15(16(19)20)11-8-6-4-2-1-3-5-7-10-14(15)18/h13H,1-12H2. The SMILES string of the molecule is O=CCCC1([N+](=O)[O-])CCCCCCCCCCC1=O. The highest BCUT2D eigenvalue weighted by Gasteiger charge is 2.48. The Bertz CT molecular complexity index is 343. The quantitative estimate of drug-likeness (QED) is 0.449. The third-order valence-electron chi connectivity index (χ3n) is 4.29. The van der Waals surface area contributed by atoms with Crippen molar-refractivity contribution in [1.82, 2.24) is 0 Å². The fraction of sp³-hybridized carbons (Fsp3) is 0.867. The van der Waals surface area contributed by atoms with Crippen molar-refractivity contribution in [2.45, 2.75) is 82.6 Å². The second-order valence-corrected chi connectivity index (χ2v) is 5.75. The van der Waals surface area contributed by atoms with E-state index in [1.54, 1.807) is 0 Å². The van der Waals surface area contributed by atoms with Gasteiger partial charge in [-0.2, -0.15) is 0 Å². The van der Waals surface area contributed by atoms with Crippen LogP contribution in [0.5, 0.6) is 0 Å². The molecule has 1 aliphatic rings. The van der Waals surface area contributed by atoms with Gasteiger partial charge in [0.2, 0.25) is 5.78 Å². The van der Waals surface area contributed by atoms with Crippen LogP contribution in [-0.2, 0) is 9.59 Å². The van der Waals surface area contributed by atoms with E-state index in [4.69, 9.17) is 0 Å². The first-order chi connectivity index (χ1) is 9.63. The molecule has 1 aliphatic carbocycles. The molecule has 0 aromatic rings. The van der Waals surface area contributed by atoms with E-state index < -0.39 is 10.5 Å². The van der Waals surface area contributed by atoms with Crippen LogP contribution in [0.2, 0.25) is 0 Å². The number of ketones is 1. The van der Waals surface area contributed by atoms with Crippen molar-refractivity contribution < 1.29 is 14.5 Å². The number of hydrogen-bond acceptors (Lipinski definition) is 4. The van der Waals surface area contributed by atoms with Gasteiger partial charge >= 0.3 is 0 Å². The first-order valence-electron chi connectivity index (χ1n) is 7.75. The van der Waals surface area contributed by atoms with E-state index in [0.29, 0.717) is 12.7 Å². The van der Waals surface area contributed by atoms with E-state index in [-0.39, 0.29) is 31.5 Å². The molecule has 0 bridgehead atoms. The number of Topliss-reactive ketones (excluding diaryl/α,β-unsaturated/α-hetero) is 1. The summed E-state index contributed by atoms with van der Waals surface area (Å²) in [7, 11) is 0. The molecule has 20 heavy (non-hydrogen) atoms. The third-order valence-corrected chi connectivity index (χ3v) is 4.29. The minimum absolute atomic E-state index is 0.0579. The Morgan fingerprint density at radius 2 is 1.60 bits per heavy atom. The Labute approximate surface area is 120 Å². The van der Waals surface area contributed by atoms with Gasteiger partial charge < -0.3 is 4.79 Å². The molecule has 114 valence electrons. The maximum Gasteiger partial charge on any atom is 0.279 e. The average Bonchev–Trinajstić information content (AvgIpc) is 2.42. The molecule has 0 heterocycles. The van der Waals surface area contributed by atoms with Crippen LogP contribution in [0.3, 0.4) is 0 Å². The molecule has 1 rings (SSSR count). The lowest BCUT2D eigenvalue weighted by Gasteiger charge is -2.24. The fourth-order valence-corrected chi connectivity index (χ4v) is 2.98. The van der Waals surface area contributed by atoms with Gasteiger partial charge in [-0.1, -0.05) is 38.5 Å². The van der Waals surface area contributed by atoms with Crippen molar-refractivity contribution in [2.24, 2.45) is 0 Å². The molecule has 1 fully saturated rings. The van der Waals surface area contributed by atoms with E-state index in [1.807, 2.05) is 0 Å². The normalized spacial score (nSPS) is 26.3. The highest BCUT2D eigenvalue weighted by atomic mass is 16.6. The molecule has 0 aromatic carbocycles. The van der Waals surface area contributed by atoms with Crippen LogP contribution in [0, 0.1) is 10.1 Å². The van der Waals surface area contributed by atoms with Crippen LogP contribution in [0.1, 0.15) is 77.0 Å². The molecule has 0 aromatic heterocycles. The summed E-state index contributed by atoms with van der Waals surface area (Å²) in [5, 5.41) is 11.5. The highest BCUT2D eigenvalue weighted by molar-refractivity contribution is 5.87. The molecule has 0 aliphatic heterocycles. The maximum atomic E-state index is 12.3. The lowest BCUT2D eigenvalue weighted by atomic mass is 9.81. The third kappa shape index (κ3) is 4.69. The van der Waals surface area contributed by atoms with Crippen molar-refractivity contribution >= 4 is 12.1 Å². The number of hydrogen-bond donors (Lipinski definition) is 0. The zero-order valence-electron chi connectivity index (χ0n) is 12.1. The molecule has 0 spiro atoms. The smallest absolute Gasteiger partial charge is 0.279 e. The number of nitro groups is 1. The van der Waals surface area contributed by atoms with E-state index in [9.17, 15) is 19.7 Å². The summed E-state index contributed by atoms with van der Waals surface area (Å²) in [4.78, 5) is 34.0. The zero-order chi connectivity index (χ0) is 14.8. The largest absolute Gasteiger partial charge is 0.303 e. The predicted octanol–water partition coefficient (Wildman–Crippen LogP) is 3.46. The van der Waals surface area contributed by atoms with Crippen molar-refractivity contribution in [3.8, 4) is 0 Å². The number of rotatable bonds is 4. The minimum Gasteiger partial charge on any atom is -0.303 e. The molecular formula is C15H25NO4. The van der Waals surface area contributed by atoms with Gasteiger partial charge in [-0.05, 0) is 12.8 Å². The Morgan fingerprint density at radius 3 is 2.15 bits per heavy atom. The van der Waals surface area contributed by atoms with Crippen LogP contribution in [0.15, 0.2) is 0 Å². The molecular weight excluding hydrogens is 258 g/mol. The fourth-order valence-electron chi connectivity index (χ4n) is 2.98. The Balaban J connectivity index is 2.82. The number of carbonyl (C=O) groups excluding carboxylic acids is 2.